The zero-order chi connectivity index (χ0) is 20.9. The minimum atomic E-state index is -0.149. The van der Waals surface area contributed by atoms with Crippen molar-refractivity contribution in [3.05, 3.63) is 90.5 Å². The fourth-order valence-corrected chi connectivity index (χ4v) is 4.90. The molecular formula is C25H22N2OS2. The molecule has 0 aliphatic carbocycles. The van der Waals surface area contributed by atoms with Gasteiger partial charge in [0, 0.05) is 21.3 Å². The molecule has 5 heteroatoms. The van der Waals surface area contributed by atoms with Gasteiger partial charge >= 0.3 is 0 Å². The molecule has 0 fully saturated rings. The first-order valence-electron chi connectivity index (χ1n) is 9.80. The Balaban J connectivity index is 1.62. The summed E-state index contributed by atoms with van der Waals surface area (Å²) in [6.45, 7) is 4.31. The highest BCUT2D eigenvalue weighted by atomic mass is 32.2. The summed E-state index contributed by atoms with van der Waals surface area (Å²) >= 11 is 3.28. The SMILES string of the molecule is CC(C)Sc1ccc(C(=O)Nc2nc(-c3ccccc3)c(-c3ccccc3)s2)cc1. The highest BCUT2D eigenvalue weighted by Gasteiger charge is 2.17. The van der Waals surface area contributed by atoms with Gasteiger partial charge in [0.15, 0.2) is 5.13 Å². The van der Waals surface area contributed by atoms with E-state index in [1.54, 1.807) is 11.8 Å². The van der Waals surface area contributed by atoms with Crippen LogP contribution in [0, 0.1) is 0 Å². The monoisotopic (exact) mass is 430 g/mol. The van der Waals surface area contributed by atoms with E-state index < -0.39 is 0 Å². The number of thiazole rings is 1. The van der Waals surface area contributed by atoms with Crippen molar-refractivity contribution in [3.63, 3.8) is 0 Å². The average Bonchev–Trinajstić information content (AvgIpc) is 3.19. The second-order valence-corrected chi connectivity index (χ2v) is 9.72. The van der Waals surface area contributed by atoms with Crippen LogP contribution >= 0.6 is 23.1 Å². The molecule has 0 unspecified atom stereocenters. The molecule has 0 saturated heterocycles. The first-order valence-corrected chi connectivity index (χ1v) is 11.5. The quantitative estimate of drug-likeness (QED) is 0.328. The van der Waals surface area contributed by atoms with Crippen LogP contribution < -0.4 is 5.32 Å². The summed E-state index contributed by atoms with van der Waals surface area (Å²) in [4.78, 5) is 19.8. The van der Waals surface area contributed by atoms with Gasteiger partial charge in [0.2, 0.25) is 0 Å². The van der Waals surface area contributed by atoms with Gasteiger partial charge in [-0.1, -0.05) is 85.8 Å². The largest absolute Gasteiger partial charge is 0.298 e. The van der Waals surface area contributed by atoms with Crippen molar-refractivity contribution in [3.8, 4) is 21.7 Å². The van der Waals surface area contributed by atoms with Gasteiger partial charge in [-0.15, -0.1) is 11.8 Å². The zero-order valence-corrected chi connectivity index (χ0v) is 18.5. The van der Waals surface area contributed by atoms with Gasteiger partial charge in [0.25, 0.3) is 5.91 Å². The number of nitrogens with zero attached hydrogens (tertiary/aromatic N) is 1. The van der Waals surface area contributed by atoms with E-state index in [2.05, 4.69) is 31.3 Å². The van der Waals surface area contributed by atoms with E-state index >= 15 is 0 Å². The molecule has 4 rings (SSSR count). The molecule has 0 aliphatic rings. The van der Waals surface area contributed by atoms with Crippen molar-refractivity contribution >= 4 is 34.1 Å². The lowest BCUT2D eigenvalue weighted by Crippen LogP contribution is -2.11. The number of hydrogen-bond acceptors (Lipinski definition) is 4. The minimum absolute atomic E-state index is 0.149. The minimum Gasteiger partial charge on any atom is -0.298 e. The Kier molecular flexibility index (Phi) is 6.31. The van der Waals surface area contributed by atoms with E-state index in [4.69, 9.17) is 4.98 Å². The Morgan fingerprint density at radius 2 is 1.47 bits per heavy atom. The lowest BCUT2D eigenvalue weighted by Gasteiger charge is -2.06. The summed E-state index contributed by atoms with van der Waals surface area (Å²) in [5, 5.41) is 4.08. The van der Waals surface area contributed by atoms with Crippen LogP contribution in [0.1, 0.15) is 24.2 Å². The van der Waals surface area contributed by atoms with E-state index in [0.29, 0.717) is 15.9 Å². The summed E-state index contributed by atoms with van der Waals surface area (Å²) in [7, 11) is 0. The number of rotatable bonds is 6. The van der Waals surface area contributed by atoms with Crippen LogP contribution in [0.4, 0.5) is 5.13 Å². The number of hydrogen-bond donors (Lipinski definition) is 1. The maximum absolute atomic E-state index is 12.8. The number of benzene rings is 3. The van der Waals surface area contributed by atoms with Crippen molar-refractivity contribution in [2.24, 2.45) is 0 Å². The van der Waals surface area contributed by atoms with E-state index in [-0.39, 0.29) is 5.91 Å². The lowest BCUT2D eigenvalue weighted by atomic mass is 10.1. The van der Waals surface area contributed by atoms with Crippen molar-refractivity contribution in [2.75, 3.05) is 5.32 Å². The Hall–Kier alpha value is -2.89. The van der Waals surface area contributed by atoms with Gasteiger partial charge in [-0.25, -0.2) is 4.98 Å². The number of anilines is 1. The molecule has 150 valence electrons. The second kappa shape index (κ2) is 9.28. The maximum atomic E-state index is 12.8. The number of carbonyl (C=O) groups excluding carboxylic acids is 1. The Morgan fingerprint density at radius 1 is 0.867 bits per heavy atom. The number of aromatic nitrogens is 1. The zero-order valence-electron chi connectivity index (χ0n) is 16.8. The fourth-order valence-electron chi connectivity index (χ4n) is 3.08. The molecule has 0 aliphatic heterocycles. The fraction of sp³-hybridized carbons (Fsp3) is 0.120. The molecule has 1 amide bonds. The van der Waals surface area contributed by atoms with Crippen LogP contribution in [-0.2, 0) is 0 Å². The molecule has 0 saturated carbocycles. The van der Waals surface area contributed by atoms with E-state index in [9.17, 15) is 4.79 Å². The van der Waals surface area contributed by atoms with Crippen LogP contribution in [0.3, 0.4) is 0 Å². The predicted octanol–water partition coefficient (Wildman–Crippen LogP) is 7.23. The molecule has 0 spiro atoms. The number of amides is 1. The Morgan fingerprint density at radius 3 is 2.07 bits per heavy atom. The first kappa shape index (κ1) is 20.4. The van der Waals surface area contributed by atoms with Crippen LogP contribution in [0.15, 0.2) is 89.8 Å². The maximum Gasteiger partial charge on any atom is 0.257 e. The predicted molar refractivity (Wildman–Crippen MR) is 128 cm³/mol. The van der Waals surface area contributed by atoms with Gasteiger partial charge in [-0.2, -0.15) is 0 Å². The Bertz CT molecular complexity index is 1060. The molecule has 4 aromatic rings. The molecule has 1 aromatic heterocycles. The van der Waals surface area contributed by atoms with Crippen LogP contribution in [-0.4, -0.2) is 16.1 Å². The first-order chi connectivity index (χ1) is 14.6. The van der Waals surface area contributed by atoms with Crippen molar-refractivity contribution < 1.29 is 4.79 Å². The van der Waals surface area contributed by atoms with E-state index in [1.165, 1.54) is 11.3 Å². The normalized spacial score (nSPS) is 10.9. The summed E-state index contributed by atoms with van der Waals surface area (Å²) < 4.78 is 0. The highest BCUT2D eigenvalue weighted by Crippen LogP contribution is 2.39. The molecule has 1 N–H and O–H groups in total. The van der Waals surface area contributed by atoms with Gasteiger partial charge < -0.3 is 0 Å². The Labute approximate surface area is 185 Å². The molecule has 3 nitrogen and oxygen atoms in total. The molecule has 0 radical (unpaired) electrons. The molecular weight excluding hydrogens is 408 g/mol. The van der Waals surface area contributed by atoms with Gasteiger partial charge in [-0.3, -0.25) is 10.1 Å². The van der Waals surface area contributed by atoms with Gasteiger partial charge in [0.05, 0.1) is 10.6 Å². The number of nitrogens with one attached hydrogen (secondary N) is 1. The molecule has 1 heterocycles. The summed E-state index contributed by atoms with van der Waals surface area (Å²) in [5.74, 6) is -0.149. The third kappa shape index (κ3) is 4.81. The smallest absolute Gasteiger partial charge is 0.257 e. The van der Waals surface area contributed by atoms with Gasteiger partial charge in [0.1, 0.15) is 0 Å². The summed E-state index contributed by atoms with van der Waals surface area (Å²) in [5.41, 5.74) is 3.62. The second-order valence-electron chi connectivity index (χ2n) is 7.07. The number of thioether (sulfide) groups is 1. The molecule has 3 aromatic carbocycles. The average molecular weight is 431 g/mol. The summed E-state index contributed by atoms with van der Waals surface area (Å²) in [6.07, 6.45) is 0. The standard InChI is InChI=1S/C25H22N2OS2/c1-17(2)29-21-15-13-20(14-16-21)24(28)27-25-26-22(18-9-5-3-6-10-18)23(30-25)19-11-7-4-8-12-19/h3-17H,1-2H3,(H,26,27,28). The lowest BCUT2D eigenvalue weighted by molar-refractivity contribution is 0.102. The van der Waals surface area contributed by atoms with Crippen molar-refractivity contribution in [1.29, 1.82) is 0 Å². The molecule has 0 atom stereocenters. The number of carbonyl (C=O) groups is 1. The third-order valence-corrected chi connectivity index (χ3v) is 6.45. The van der Waals surface area contributed by atoms with Gasteiger partial charge in [-0.05, 0) is 29.8 Å². The van der Waals surface area contributed by atoms with Crippen molar-refractivity contribution in [2.45, 2.75) is 24.0 Å². The highest BCUT2D eigenvalue weighted by molar-refractivity contribution is 7.99. The van der Waals surface area contributed by atoms with Crippen LogP contribution in [0.25, 0.3) is 21.7 Å². The topological polar surface area (TPSA) is 42.0 Å². The van der Waals surface area contributed by atoms with Crippen LogP contribution in [0.5, 0.6) is 0 Å². The van der Waals surface area contributed by atoms with Crippen molar-refractivity contribution in [1.82, 2.24) is 4.98 Å². The molecule has 30 heavy (non-hydrogen) atoms. The van der Waals surface area contributed by atoms with E-state index in [0.717, 1.165) is 26.6 Å². The third-order valence-electron chi connectivity index (χ3n) is 4.42. The van der Waals surface area contributed by atoms with Crippen LogP contribution in [0.2, 0.25) is 0 Å². The van der Waals surface area contributed by atoms with E-state index in [1.807, 2.05) is 72.8 Å². The summed E-state index contributed by atoms with van der Waals surface area (Å²) in [6, 6.07) is 27.9. The molecule has 0 bridgehead atoms.